The monoisotopic (exact) mass is 227 g/mol. The molecule has 82 valence electrons. The first kappa shape index (κ1) is 11.9. The predicted octanol–water partition coefficient (Wildman–Crippen LogP) is -0.410. The molecule has 1 aliphatic heterocycles. The molecule has 0 aliphatic carbocycles. The number of carbonyl (C=O) groups excluding carboxylic acids is 2. The summed E-state index contributed by atoms with van der Waals surface area (Å²) in [4.78, 5) is 24.2. The lowest BCUT2D eigenvalue weighted by molar-refractivity contribution is -0.145. The first-order valence-electron chi connectivity index (χ1n) is 4.66. The molecule has 0 aromatic carbocycles. The van der Waals surface area contributed by atoms with E-state index < -0.39 is 11.8 Å². The van der Waals surface area contributed by atoms with E-state index in [1.807, 2.05) is 0 Å². The van der Waals surface area contributed by atoms with Crippen molar-refractivity contribution in [2.45, 2.75) is 12.5 Å². The Morgan fingerprint density at radius 3 is 2.93 bits per heavy atom. The Morgan fingerprint density at radius 1 is 1.67 bits per heavy atom. The van der Waals surface area contributed by atoms with Gasteiger partial charge in [0.2, 0.25) is 0 Å². The van der Waals surface area contributed by atoms with E-state index in [1.54, 1.807) is 24.9 Å². The van der Waals surface area contributed by atoms with E-state index in [1.165, 1.54) is 4.90 Å². The number of nitrogens with zero attached hydrogens (tertiary/aromatic N) is 2. The highest BCUT2D eigenvalue weighted by Gasteiger charge is 2.27. The summed E-state index contributed by atoms with van der Waals surface area (Å²) < 4.78 is 0. The number of nitrogens with one attached hydrogen (secondary N) is 1. The van der Waals surface area contributed by atoms with Gasteiger partial charge < -0.3 is 10.2 Å². The van der Waals surface area contributed by atoms with Crippen LogP contribution in [-0.2, 0) is 9.59 Å². The van der Waals surface area contributed by atoms with Gasteiger partial charge in [-0.05, 0) is 12.2 Å². The predicted molar refractivity (Wildman–Crippen MR) is 57.1 cm³/mol. The van der Waals surface area contributed by atoms with Gasteiger partial charge in [0.05, 0.1) is 6.07 Å². The van der Waals surface area contributed by atoms with Crippen LogP contribution in [0.15, 0.2) is 0 Å². The zero-order chi connectivity index (χ0) is 11.3. The number of hydrogen-bond donors (Lipinski definition) is 1. The number of carbonyl (C=O) groups is 2. The SMILES string of the molecule is CN(C(=O)C(=O)NCC#N)C1CCSC1. The Balaban J connectivity index is 2.44. The second-order valence-corrected chi connectivity index (χ2v) is 4.42. The number of thioether (sulfide) groups is 1. The lowest BCUT2D eigenvalue weighted by Gasteiger charge is -2.22. The van der Waals surface area contributed by atoms with E-state index in [0.717, 1.165) is 17.9 Å². The van der Waals surface area contributed by atoms with Gasteiger partial charge in [0.15, 0.2) is 0 Å². The quantitative estimate of drug-likeness (QED) is 0.514. The van der Waals surface area contributed by atoms with Gasteiger partial charge in [0.25, 0.3) is 0 Å². The smallest absolute Gasteiger partial charge is 0.311 e. The summed E-state index contributed by atoms with van der Waals surface area (Å²) in [6.45, 7) is -0.127. The molecule has 1 rings (SSSR count). The van der Waals surface area contributed by atoms with Gasteiger partial charge in [0, 0.05) is 18.8 Å². The van der Waals surface area contributed by atoms with Gasteiger partial charge in [-0.25, -0.2) is 0 Å². The third-order valence-corrected chi connectivity index (χ3v) is 3.44. The normalized spacial score (nSPS) is 19.3. The standard InChI is InChI=1S/C9H13N3O2S/c1-12(7-2-5-15-6-7)9(14)8(13)11-4-3-10/h7H,2,4-6H2,1H3,(H,11,13). The molecule has 2 amide bonds. The molecular formula is C9H13N3O2S. The van der Waals surface area contributed by atoms with Crippen molar-refractivity contribution in [1.82, 2.24) is 10.2 Å². The highest BCUT2D eigenvalue weighted by atomic mass is 32.2. The molecule has 0 bridgehead atoms. The molecule has 15 heavy (non-hydrogen) atoms. The van der Waals surface area contributed by atoms with E-state index in [0.29, 0.717) is 0 Å². The minimum absolute atomic E-state index is 0.127. The van der Waals surface area contributed by atoms with Crippen LogP contribution in [0, 0.1) is 11.3 Å². The Bertz CT molecular complexity index is 294. The summed E-state index contributed by atoms with van der Waals surface area (Å²) in [5, 5.41) is 10.5. The minimum atomic E-state index is -0.698. The van der Waals surface area contributed by atoms with Crippen LogP contribution in [0.5, 0.6) is 0 Å². The minimum Gasteiger partial charge on any atom is -0.335 e. The molecule has 0 aromatic rings. The fourth-order valence-electron chi connectivity index (χ4n) is 1.35. The summed E-state index contributed by atoms with van der Waals surface area (Å²) in [6.07, 6.45) is 0.929. The number of likely N-dealkylation sites (N-methyl/N-ethyl adjacent to an activating group) is 1. The number of amides is 2. The van der Waals surface area contributed by atoms with Crippen molar-refractivity contribution >= 4 is 23.6 Å². The molecule has 0 saturated carbocycles. The van der Waals surface area contributed by atoms with E-state index >= 15 is 0 Å². The second kappa shape index (κ2) is 5.61. The molecular weight excluding hydrogens is 214 g/mol. The van der Waals surface area contributed by atoms with Crippen molar-refractivity contribution < 1.29 is 9.59 Å². The van der Waals surface area contributed by atoms with Crippen molar-refractivity contribution in [3.05, 3.63) is 0 Å². The third kappa shape index (κ3) is 3.13. The van der Waals surface area contributed by atoms with Gasteiger partial charge >= 0.3 is 11.8 Å². The van der Waals surface area contributed by atoms with Crippen molar-refractivity contribution in [3.8, 4) is 6.07 Å². The van der Waals surface area contributed by atoms with Crippen LogP contribution in [0.3, 0.4) is 0 Å². The van der Waals surface area contributed by atoms with Crippen LogP contribution in [0.1, 0.15) is 6.42 Å². The molecule has 1 saturated heterocycles. The average molecular weight is 227 g/mol. The Labute approximate surface area is 92.8 Å². The molecule has 6 heteroatoms. The summed E-state index contributed by atoms with van der Waals surface area (Å²) in [7, 11) is 1.63. The number of hydrogen-bond acceptors (Lipinski definition) is 4. The number of nitriles is 1. The van der Waals surface area contributed by atoms with Gasteiger partial charge in [0.1, 0.15) is 6.54 Å². The van der Waals surface area contributed by atoms with Crippen molar-refractivity contribution in [2.24, 2.45) is 0 Å². The first-order chi connectivity index (χ1) is 7.16. The van der Waals surface area contributed by atoms with Crippen molar-refractivity contribution in [2.75, 3.05) is 25.1 Å². The number of rotatable bonds is 2. The Morgan fingerprint density at radius 2 is 2.40 bits per heavy atom. The maximum Gasteiger partial charge on any atom is 0.311 e. The maximum atomic E-state index is 11.5. The summed E-state index contributed by atoms with van der Waals surface area (Å²) in [5.74, 6) is 0.657. The molecule has 1 unspecified atom stereocenters. The van der Waals surface area contributed by atoms with Gasteiger partial charge in [-0.1, -0.05) is 0 Å². The van der Waals surface area contributed by atoms with Gasteiger partial charge in [-0.15, -0.1) is 0 Å². The molecule has 1 heterocycles. The molecule has 1 fully saturated rings. The lowest BCUT2D eigenvalue weighted by atomic mass is 10.2. The Hall–Kier alpha value is -1.22. The fourth-order valence-corrected chi connectivity index (χ4v) is 2.62. The highest BCUT2D eigenvalue weighted by Crippen LogP contribution is 2.21. The highest BCUT2D eigenvalue weighted by molar-refractivity contribution is 7.99. The third-order valence-electron chi connectivity index (χ3n) is 2.30. The van der Waals surface area contributed by atoms with E-state index in [4.69, 9.17) is 5.26 Å². The molecule has 0 radical (unpaired) electrons. The van der Waals surface area contributed by atoms with E-state index in [2.05, 4.69) is 5.32 Å². The maximum absolute atomic E-state index is 11.5. The largest absolute Gasteiger partial charge is 0.335 e. The molecule has 1 atom stereocenters. The topological polar surface area (TPSA) is 73.2 Å². The van der Waals surface area contributed by atoms with Gasteiger partial charge in [-0.3, -0.25) is 9.59 Å². The van der Waals surface area contributed by atoms with E-state index in [-0.39, 0.29) is 12.6 Å². The fraction of sp³-hybridized carbons (Fsp3) is 0.667. The van der Waals surface area contributed by atoms with Crippen LogP contribution in [0.4, 0.5) is 0 Å². The summed E-state index contributed by atoms with van der Waals surface area (Å²) in [5.41, 5.74) is 0. The average Bonchev–Trinajstić information content (AvgIpc) is 2.77. The van der Waals surface area contributed by atoms with Crippen LogP contribution in [0.25, 0.3) is 0 Å². The van der Waals surface area contributed by atoms with E-state index in [9.17, 15) is 9.59 Å². The molecule has 1 N–H and O–H groups in total. The zero-order valence-corrected chi connectivity index (χ0v) is 9.34. The summed E-state index contributed by atoms with van der Waals surface area (Å²) >= 11 is 1.78. The summed E-state index contributed by atoms with van der Waals surface area (Å²) in [6, 6.07) is 1.90. The van der Waals surface area contributed by atoms with Gasteiger partial charge in [-0.2, -0.15) is 17.0 Å². The van der Waals surface area contributed by atoms with Crippen LogP contribution in [-0.4, -0.2) is 47.9 Å². The van der Waals surface area contributed by atoms with Crippen molar-refractivity contribution in [3.63, 3.8) is 0 Å². The van der Waals surface area contributed by atoms with Crippen LogP contribution < -0.4 is 5.32 Å². The molecule has 0 spiro atoms. The van der Waals surface area contributed by atoms with Crippen LogP contribution >= 0.6 is 11.8 Å². The lowest BCUT2D eigenvalue weighted by Crippen LogP contribution is -2.45. The molecule has 0 aromatic heterocycles. The molecule has 5 nitrogen and oxygen atoms in total. The molecule has 1 aliphatic rings. The Kier molecular flexibility index (Phi) is 4.43. The van der Waals surface area contributed by atoms with Crippen molar-refractivity contribution in [1.29, 1.82) is 5.26 Å². The first-order valence-corrected chi connectivity index (χ1v) is 5.82. The van der Waals surface area contributed by atoms with Crippen LogP contribution in [0.2, 0.25) is 0 Å². The zero-order valence-electron chi connectivity index (χ0n) is 8.52. The second-order valence-electron chi connectivity index (χ2n) is 3.27.